The lowest BCUT2D eigenvalue weighted by atomic mass is 9.95. The summed E-state index contributed by atoms with van der Waals surface area (Å²) in [5.41, 5.74) is 0.160. The highest BCUT2D eigenvalue weighted by Crippen LogP contribution is 2.38. The van der Waals surface area contributed by atoms with Gasteiger partial charge in [0.25, 0.3) is 0 Å². The molecule has 1 heterocycles. The first-order chi connectivity index (χ1) is 11.2. The van der Waals surface area contributed by atoms with Gasteiger partial charge in [-0.15, -0.1) is 0 Å². The third-order valence-electron chi connectivity index (χ3n) is 3.53. The van der Waals surface area contributed by atoms with Crippen molar-refractivity contribution in [3.8, 4) is 5.75 Å². The Morgan fingerprint density at radius 1 is 1.12 bits per heavy atom. The van der Waals surface area contributed by atoms with Gasteiger partial charge in [0.05, 0.1) is 5.69 Å². The van der Waals surface area contributed by atoms with Crippen LogP contribution in [0.2, 0.25) is 0 Å². The molecular weight excluding hydrogens is 337 g/mol. The molecule has 2 aromatic rings. The maximum atomic E-state index is 12.9. The molecule has 2 aromatic carbocycles. The second-order valence-corrected chi connectivity index (χ2v) is 7.27. The van der Waals surface area contributed by atoms with Crippen molar-refractivity contribution in [3.63, 3.8) is 0 Å². The number of cyclic esters (lactones) is 1. The summed E-state index contributed by atoms with van der Waals surface area (Å²) in [5, 5.41) is 2.54. The second kappa shape index (κ2) is 5.48. The van der Waals surface area contributed by atoms with Gasteiger partial charge in [-0.1, -0.05) is 0 Å². The van der Waals surface area contributed by atoms with Crippen LogP contribution >= 0.6 is 0 Å². The molecule has 8 heteroatoms. The average Bonchev–Trinajstić information content (AvgIpc) is 2.47. The highest BCUT2D eigenvalue weighted by Gasteiger charge is 2.34. The van der Waals surface area contributed by atoms with Gasteiger partial charge >= 0.3 is 16.2 Å². The van der Waals surface area contributed by atoms with Gasteiger partial charge in [0.15, 0.2) is 0 Å². The molecule has 0 saturated carbocycles. The largest absolute Gasteiger partial charge is 0.438 e. The van der Waals surface area contributed by atoms with Gasteiger partial charge in [-0.25, -0.2) is 9.18 Å². The summed E-state index contributed by atoms with van der Waals surface area (Å²) in [7, 11) is -4.10. The summed E-state index contributed by atoms with van der Waals surface area (Å²) >= 11 is 0. The summed E-state index contributed by atoms with van der Waals surface area (Å²) in [6.07, 6.45) is -0.583. The number of hydrogen-bond acceptors (Lipinski definition) is 5. The predicted octanol–water partition coefficient (Wildman–Crippen LogP) is 3.39. The molecule has 1 aliphatic heterocycles. The van der Waals surface area contributed by atoms with E-state index in [1.165, 1.54) is 18.2 Å². The maximum Gasteiger partial charge on any atom is 0.412 e. The van der Waals surface area contributed by atoms with Crippen LogP contribution in [0.1, 0.15) is 19.4 Å². The van der Waals surface area contributed by atoms with Crippen molar-refractivity contribution in [2.75, 3.05) is 5.32 Å². The third-order valence-corrected chi connectivity index (χ3v) is 4.79. The van der Waals surface area contributed by atoms with E-state index in [9.17, 15) is 17.6 Å². The van der Waals surface area contributed by atoms with E-state index in [0.29, 0.717) is 11.3 Å². The number of benzene rings is 2. The Hall–Kier alpha value is -2.61. The van der Waals surface area contributed by atoms with E-state index in [2.05, 4.69) is 5.32 Å². The lowest BCUT2D eigenvalue weighted by Crippen LogP contribution is -2.34. The zero-order valence-corrected chi connectivity index (χ0v) is 13.7. The Kier molecular flexibility index (Phi) is 3.71. The molecule has 126 valence electrons. The molecule has 0 bridgehead atoms. The van der Waals surface area contributed by atoms with E-state index in [4.69, 9.17) is 8.92 Å². The summed E-state index contributed by atoms with van der Waals surface area (Å²) in [4.78, 5) is 11.3. The molecule has 0 spiro atoms. The number of halogens is 1. The van der Waals surface area contributed by atoms with Gasteiger partial charge in [-0.3, -0.25) is 5.32 Å². The van der Waals surface area contributed by atoms with Crippen molar-refractivity contribution in [1.29, 1.82) is 0 Å². The number of hydrogen-bond donors (Lipinski definition) is 1. The van der Waals surface area contributed by atoms with Crippen LogP contribution < -0.4 is 9.50 Å². The summed E-state index contributed by atoms with van der Waals surface area (Å²) < 4.78 is 47.7. The molecule has 24 heavy (non-hydrogen) atoms. The Morgan fingerprint density at radius 2 is 1.79 bits per heavy atom. The molecule has 3 rings (SSSR count). The minimum absolute atomic E-state index is 0.0610. The Labute approximate surface area is 138 Å². The number of rotatable bonds is 3. The molecule has 0 unspecified atom stereocenters. The molecule has 0 fully saturated rings. The summed E-state index contributed by atoms with van der Waals surface area (Å²) in [6, 6.07) is 8.75. The first kappa shape index (κ1) is 16.3. The fourth-order valence-electron chi connectivity index (χ4n) is 2.38. The van der Waals surface area contributed by atoms with Crippen molar-refractivity contribution >= 4 is 21.9 Å². The highest BCUT2D eigenvalue weighted by atomic mass is 32.2. The van der Waals surface area contributed by atoms with Gasteiger partial charge in [-0.05, 0) is 56.3 Å². The van der Waals surface area contributed by atoms with Crippen LogP contribution in [-0.4, -0.2) is 14.5 Å². The van der Waals surface area contributed by atoms with Crippen LogP contribution in [0, 0.1) is 5.82 Å². The molecule has 0 atom stereocenters. The fraction of sp³-hybridized carbons (Fsp3) is 0.188. The number of ether oxygens (including phenoxy) is 1. The number of carbonyl (C=O) groups is 1. The SMILES string of the molecule is CC1(C)OC(=O)Nc2ccc(OS(=O)(=O)c3ccc(F)cc3)cc21. The van der Waals surface area contributed by atoms with Gasteiger partial charge in [0, 0.05) is 5.56 Å². The Morgan fingerprint density at radius 3 is 2.46 bits per heavy atom. The zero-order chi connectivity index (χ0) is 17.5. The lowest BCUT2D eigenvalue weighted by Gasteiger charge is -2.32. The van der Waals surface area contributed by atoms with Crippen molar-refractivity contribution < 1.29 is 26.5 Å². The minimum Gasteiger partial charge on any atom is -0.438 e. The lowest BCUT2D eigenvalue weighted by molar-refractivity contribution is 0.0419. The summed E-state index contributed by atoms with van der Waals surface area (Å²) in [5.74, 6) is -0.483. The van der Waals surface area contributed by atoms with E-state index in [1.807, 2.05) is 0 Å². The molecule has 1 aliphatic rings. The molecule has 0 aliphatic carbocycles. The molecule has 0 radical (unpaired) electrons. The first-order valence-electron chi connectivity index (χ1n) is 7.02. The van der Waals surface area contributed by atoms with Crippen molar-refractivity contribution in [2.45, 2.75) is 24.3 Å². The minimum atomic E-state index is -4.10. The standard InChI is InChI=1S/C16H14FNO5S/c1-16(2)13-9-11(5-8-14(13)18-15(19)22-16)23-24(20,21)12-6-3-10(17)4-7-12/h3-9H,1-2H3,(H,18,19). The number of anilines is 1. The average molecular weight is 351 g/mol. The number of carbonyl (C=O) groups excluding carboxylic acids is 1. The fourth-order valence-corrected chi connectivity index (χ4v) is 3.30. The molecule has 0 aromatic heterocycles. The smallest absolute Gasteiger partial charge is 0.412 e. The van der Waals surface area contributed by atoms with Crippen LogP contribution in [0.25, 0.3) is 0 Å². The molecule has 1 amide bonds. The van der Waals surface area contributed by atoms with Crippen molar-refractivity contribution in [2.24, 2.45) is 0 Å². The van der Waals surface area contributed by atoms with Gasteiger partial charge in [0.2, 0.25) is 0 Å². The summed E-state index contributed by atoms with van der Waals surface area (Å²) in [6.45, 7) is 3.37. The quantitative estimate of drug-likeness (QED) is 0.857. The molecule has 0 saturated heterocycles. The second-order valence-electron chi connectivity index (χ2n) is 5.72. The van der Waals surface area contributed by atoms with E-state index < -0.39 is 27.6 Å². The Bertz CT molecular complexity index is 907. The highest BCUT2D eigenvalue weighted by molar-refractivity contribution is 7.87. The van der Waals surface area contributed by atoms with E-state index in [1.54, 1.807) is 13.8 Å². The van der Waals surface area contributed by atoms with E-state index in [0.717, 1.165) is 24.3 Å². The number of fused-ring (bicyclic) bond motifs is 1. The predicted molar refractivity (Wildman–Crippen MR) is 83.8 cm³/mol. The molecule has 1 N–H and O–H groups in total. The molecular formula is C16H14FNO5S. The number of amides is 1. The monoisotopic (exact) mass is 351 g/mol. The topological polar surface area (TPSA) is 81.7 Å². The van der Waals surface area contributed by atoms with Gasteiger partial charge < -0.3 is 8.92 Å². The van der Waals surface area contributed by atoms with Crippen LogP contribution in [0.15, 0.2) is 47.4 Å². The number of nitrogens with one attached hydrogen (secondary N) is 1. The van der Waals surface area contributed by atoms with Crippen LogP contribution in [-0.2, 0) is 20.5 Å². The van der Waals surface area contributed by atoms with Gasteiger partial charge in [0.1, 0.15) is 22.1 Å². The van der Waals surface area contributed by atoms with Crippen LogP contribution in [0.3, 0.4) is 0 Å². The van der Waals surface area contributed by atoms with E-state index in [-0.39, 0.29) is 10.6 Å². The third kappa shape index (κ3) is 3.05. The molecule has 6 nitrogen and oxygen atoms in total. The normalized spacial score (nSPS) is 15.9. The van der Waals surface area contributed by atoms with Crippen molar-refractivity contribution in [3.05, 3.63) is 53.8 Å². The van der Waals surface area contributed by atoms with E-state index >= 15 is 0 Å². The van der Waals surface area contributed by atoms with Gasteiger partial charge in [-0.2, -0.15) is 8.42 Å². The van der Waals surface area contributed by atoms with Crippen LogP contribution in [0.5, 0.6) is 5.75 Å². The zero-order valence-electron chi connectivity index (χ0n) is 12.9. The maximum absolute atomic E-state index is 12.9. The van der Waals surface area contributed by atoms with Crippen LogP contribution in [0.4, 0.5) is 14.9 Å². The Balaban J connectivity index is 1.94. The first-order valence-corrected chi connectivity index (χ1v) is 8.43. The van der Waals surface area contributed by atoms with Crippen molar-refractivity contribution in [1.82, 2.24) is 0 Å².